The van der Waals surface area contributed by atoms with E-state index in [0.29, 0.717) is 39.0 Å². The van der Waals surface area contributed by atoms with Crippen molar-refractivity contribution in [2.24, 2.45) is 11.7 Å². The highest BCUT2D eigenvalue weighted by molar-refractivity contribution is 6.06. The number of rotatable bonds is 8. The van der Waals surface area contributed by atoms with Crippen molar-refractivity contribution in [2.75, 3.05) is 26.2 Å². The number of nitrogens with one attached hydrogen (secondary N) is 2. The summed E-state index contributed by atoms with van der Waals surface area (Å²) < 4.78 is 0. The van der Waals surface area contributed by atoms with Crippen LogP contribution in [0.25, 0.3) is 0 Å². The molecule has 1 saturated heterocycles. The summed E-state index contributed by atoms with van der Waals surface area (Å²) in [5.41, 5.74) is 4.26. The van der Waals surface area contributed by atoms with E-state index < -0.39 is 5.54 Å². The second kappa shape index (κ2) is 6.80. The van der Waals surface area contributed by atoms with Gasteiger partial charge in [-0.25, -0.2) is 4.79 Å². The van der Waals surface area contributed by atoms with Crippen LogP contribution in [0.3, 0.4) is 0 Å². The van der Waals surface area contributed by atoms with Crippen molar-refractivity contribution in [1.82, 2.24) is 20.7 Å². The Morgan fingerprint density at radius 2 is 1.58 bits per heavy atom. The molecule has 8 nitrogen and oxygen atoms in total. The van der Waals surface area contributed by atoms with E-state index in [1.807, 2.05) is 0 Å². The summed E-state index contributed by atoms with van der Waals surface area (Å²) in [6.45, 7) is 5.60. The number of nitrogens with two attached hydrogens (primary N) is 2. The maximum absolute atomic E-state index is 12.2. The van der Waals surface area contributed by atoms with Gasteiger partial charge in [0.25, 0.3) is 5.91 Å². The van der Waals surface area contributed by atoms with Gasteiger partial charge in [0.05, 0.1) is 0 Å². The summed E-state index contributed by atoms with van der Waals surface area (Å²) in [5.74, 6) is 10.2. The second-order valence-electron chi connectivity index (χ2n) is 5.07. The van der Waals surface area contributed by atoms with Gasteiger partial charge in [-0.1, -0.05) is 0 Å². The second-order valence-corrected chi connectivity index (χ2v) is 5.07. The van der Waals surface area contributed by atoms with Gasteiger partial charge in [-0.05, 0) is 26.7 Å². The van der Waals surface area contributed by atoms with E-state index in [1.54, 1.807) is 18.7 Å². The van der Waals surface area contributed by atoms with Crippen molar-refractivity contribution < 1.29 is 9.59 Å². The van der Waals surface area contributed by atoms with Crippen molar-refractivity contribution in [1.29, 1.82) is 0 Å². The minimum Gasteiger partial charge on any atom is -0.310 e. The quantitative estimate of drug-likeness (QED) is 0.190. The molecule has 1 aliphatic heterocycles. The predicted octanol–water partition coefficient (Wildman–Crippen LogP) is -1.26. The Morgan fingerprint density at radius 1 is 1.05 bits per heavy atom. The van der Waals surface area contributed by atoms with Gasteiger partial charge in [0, 0.05) is 26.2 Å². The number of imide groups is 1. The van der Waals surface area contributed by atoms with Crippen LogP contribution in [0.1, 0.15) is 26.7 Å². The lowest BCUT2D eigenvalue weighted by atomic mass is 10.0. The third kappa shape index (κ3) is 3.41. The average Bonchev–Trinajstić information content (AvgIpc) is 2.52. The molecule has 0 spiro atoms. The maximum Gasteiger partial charge on any atom is 0.327 e. The van der Waals surface area contributed by atoms with Crippen LogP contribution in [0.4, 0.5) is 4.79 Å². The molecule has 1 aliphatic rings. The van der Waals surface area contributed by atoms with Crippen molar-refractivity contribution in [2.45, 2.75) is 32.2 Å². The first kappa shape index (κ1) is 15.8. The molecule has 3 amide bonds. The maximum atomic E-state index is 12.2. The lowest BCUT2D eigenvalue weighted by Gasteiger charge is -2.27. The molecule has 19 heavy (non-hydrogen) atoms. The first-order chi connectivity index (χ1) is 8.96. The average molecular weight is 272 g/mol. The van der Waals surface area contributed by atoms with Crippen LogP contribution in [0.15, 0.2) is 0 Å². The van der Waals surface area contributed by atoms with Crippen LogP contribution in [0, 0.1) is 0 Å². The van der Waals surface area contributed by atoms with Crippen molar-refractivity contribution in [3.63, 3.8) is 0 Å². The molecule has 0 aromatic carbocycles. The molecule has 8 heteroatoms. The first-order valence-electron chi connectivity index (χ1n) is 6.47. The molecule has 0 atom stereocenters. The highest BCUT2D eigenvalue weighted by Gasteiger charge is 2.50. The van der Waals surface area contributed by atoms with Crippen molar-refractivity contribution in [3.8, 4) is 0 Å². The van der Waals surface area contributed by atoms with E-state index in [-0.39, 0.29) is 11.9 Å². The molecular weight excluding hydrogens is 248 g/mol. The molecule has 0 radical (unpaired) electrons. The van der Waals surface area contributed by atoms with E-state index in [4.69, 9.17) is 11.7 Å². The number of hydrogen-bond donors (Lipinski definition) is 4. The zero-order valence-electron chi connectivity index (χ0n) is 11.6. The number of amides is 3. The lowest BCUT2D eigenvalue weighted by molar-refractivity contribution is -0.131. The van der Waals surface area contributed by atoms with Gasteiger partial charge in [-0.2, -0.15) is 0 Å². The summed E-state index contributed by atoms with van der Waals surface area (Å²) in [6.07, 6.45) is 1.35. The summed E-state index contributed by atoms with van der Waals surface area (Å²) in [6, 6.07) is -0.232. The number of nitrogens with zero attached hydrogens (tertiary/aromatic N) is 2. The van der Waals surface area contributed by atoms with Crippen LogP contribution < -0.4 is 22.5 Å². The number of carbonyl (C=O) groups excluding carboxylic acids is 2. The number of carbonyl (C=O) groups is 2. The van der Waals surface area contributed by atoms with Crippen LogP contribution in [-0.2, 0) is 4.79 Å². The Bertz CT molecular complexity index is 333. The Morgan fingerprint density at radius 3 is 2.11 bits per heavy atom. The standard InChI is InChI=1S/C11H24N6O2/c1-11(2)9(18)16(7-3-5-14-12)10(19)17(11)8-4-6-15-13/h14-15H,3-8,12-13H2,1-2H3. The zero-order valence-corrected chi connectivity index (χ0v) is 11.6. The summed E-state index contributed by atoms with van der Waals surface area (Å²) in [4.78, 5) is 27.4. The number of urea groups is 1. The fourth-order valence-corrected chi connectivity index (χ4v) is 2.17. The summed E-state index contributed by atoms with van der Waals surface area (Å²) in [7, 11) is 0. The monoisotopic (exact) mass is 272 g/mol. The highest BCUT2D eigenvalue weighted by Crippen LogP contribution is 2.27. The van der Waals surface area contributed by atoms with E-state index in [2.05, 4.69) is 10.9 Å². The van der Waals surface area contributed by atoms with Crippen LogP contribution in [-0.4, -0.2) is 53.5 Å². The molecule has 1 rings (SSSR count). The molecule has 0 aliphatic carbocycles. The van der Waals surface area contributed by atoms with Crippen molar-refractivity contribution in [3.05, 3.63) is 0 Å². The molecule has 1 heterocycles. The molecule has 110 valence electrons. The van der Waals surface area contributed by atoms with E-state index >= 15 is 0 Å². The Balaban J connectivity index is 2.66. The molecule has 0 unspecified atom stereocenters. The Kier molecular flexibility index (Phi) is 5.67. The van der Waals surface area contributed by atoms with Gasteiger partial charge in [0.15, 0.2) is 0 Å². The van der Waals surface area contributed by atoms with Gasteiger partial charge >= 0.3 is 6.03 Å². The normalized spacial score (nSPS) is 18.5. The minimum atomic E-state index is -0.790. The third-order valence-corrected chi connectivity index (χ3v) is 3.31. The Hall–Kier alpha value is -1.22. The molecule has 6 N–H and O–H groups in total. The minimum absolute atomic E-state index is 0.157. The van der Waals surface area contributed by atoms with Crippen molar-refractivity contribution >= 4 is 11.9 Å². The molecule has 0 bridgehead atoms. The fraction of sp³-hybridized carbons (Fsp3) is 0.818. The predicted molar refractivity (Wildman–Crippen MR) is 71.5 cm³/mol. The Labute approximate surface area is 113 Å². The third-order valence-electron chi connectivity index (χ3n) is 3.31. The van der Waals surface area contributed by atoms with Gasteiger partial charge in [0.1, 0.15) is 5.54 Å². The SMILES string of the molecule is CC1(C)C(=O)N(CCCNN)C(=O)N1CCCNN. The first-order valence-corrected chi connectivity index (χ1v) is 6.47. The molecular formula is C11H24N6O2. The zero-order chi connectivity index (χ0) is 14.5. The molecule has 1 fully saturated rings. The van der Waals surface area contributed by atoms with Gasteiger partial charge < -0.3 is 4.90 Å². The van der Waals surface area contributed by atoms with E-state index in [0.717, 1.165) is 0 Å². The summed E-state index contributed by atoms with van der Waals surface area (Å²) >= 11 is 0. The van der Waals surface area contributed by atoms with E-state index in [9.17, 15) is 9.59 Å². The lowest BCUT2D eigenvalue weighted by Crippen LogP contribution is -2.45. The van der Waals surface area contributed by atoms with Crippen LogP contribution >= 0.6 is 0 Å². The molecule has 0 saturated carbocycles. The van der Waals surface area contributed by atoms with Crippen LogP contribution in [0.2, 0.25) is 0 Å². The highest BCUT2D eigenvalue weighted by atomic mass is 16.2. The van der Waals surface area contributed by atoms with Gasteiger partial charge in [-0.3, -0.25) is 32.2 Å². The number of hydrogen-bond acceptors (Lipinski definition) is 6. The number of hydrazine groups is 2. The molecule has 0 aromatic heterocycles. The van der Waals surface area contributed by atoms with E-state index in [1.165, 1.54) is 4.90 Å². The smallest absolute Gasteiger partial charge is 0.310 e. The summed E-state index contributed by atoms with van der Waals surface area (Å²) in [5, 5.41) is 0. The van der Waals surface area contributed by atoms with Gasteiger partial charge in [0.2, 0.25) is 0 Å². The van der Waals surface area contributed by atoms with Gasteiger partial charge in [-0.15, -0.1) is 0 Å². The molecule has 0 aromatic rings. The largest absolute Gasteiger partial charge is 0.327 e. The van der Waals surface area contributed by atoms with Crippen LogP contribution in [0.5, 0.6) is 0 Å². The topological polar surface area (TPSA) is 117 Å². The fourth-order valence-electron chi connectivity index (χ4n) is 2.17.